The monoisotopic (exact) mass is 321 g/mol. The smallest absolute Gasteiger partial charge is 0.164 e. The Morgan fingerprint density at radius 2 is 1.57 bits per heavy atom. The minimum Gasteiger partial charge on any atom is -0.394 e. The number of ketones is 1. The van der Waals surface area contributed by atoms with Crippen LogP contribution in [0.4, 0.5) is 0 Å². The number of benzene rings is 1. The number of carbonyl (C=O) groups is 1. The second kappa shape index (κ2) is 10.5. The number of aryl methyl sites for hydroxylation is 1. The Labute approximate surface area is 139 Å². The van der Waals surface area contributed by atoms with E-state index in [4.69, 9.17) is 15.9 Å². The fraction of sp³-hybridized carbons (Fsp3) is 0.632. The summed E-state index contributed by atoms with van der Waals surface area (Å²) in [5.41, 5.74) is 6.33. The molecular weight excluding hydrogens is 290 g/mol. The van der Waals surface area contributed by atoms with Gasteiger partial charge in [-0.15, -0.1) is 0 Å². The maximum absolute atomic E-state index is 12.1. The summed E-state index contributed by atoms with van der Waals surface area (Å²) < 4.78 is 0. The molecule has 0 aliphatic carbocycles. The number of hydrogen-bond acceptors (Lipinski definition) is 4. The topological polar surface area (TPSA) is 83.6 Å². The zero-order chi connectivity index (χ0) is 17.1. The molecule has 0 amide bonds. The lowest BCUT2D eigenvalue weighted by Gasteiger charge is -2.23. The number of Topliss-reactive ketones (excluding diaryl/α,β-unsaturated/α-hetero) is 1. The van der Waals surface area contributed by atoms with E-state index in [1.54, 1.807) is 0 Å². The summed E-state index contributed by atoms with van der Waals surface area (Å²) in [7, 11) is 0. The number of aliphatic hydroxyl groups excluding tert-OH is 2. The molecule has 0 radical (unpaired) electrons. The van der Waals surface area contributed by atoms with E-state index < -0.39 is 18.8 Å². The van der Waals surface area contributed by atoms with Crippen molar-refractivity contribution in [3.63, 3.8) is 0 Å². The highest BCUT2D eigenvalue weighted by Crippen LogP contribution is 2.15. The van der Waals surface area contributed by atoms with E-state index in [0.717, 1.165) is 6.42 Å². The Kier molecular flexibility index (Phi) is 9.07. The SMILES string of the molecule is CCCCCCCCc1ccc(C(=O)CC(N)(CO)CO)cc1. The average molecular weight is 321 g/mol. The summed E-state index contributed by atoms with van der Waals surface area (Å²) in [6, 6.07) is 7.58. The van der Waals surface area contributed by atoms with Crippen molar-refractivity contribution in [2.45, 2.75) is 63.8 Å². The third-order valence-corrected chi connectivity index (χ3v) is 4.24. The molecule has 4 nitrogen and oxygen atoms in total. The van der Waals surface area contributed by atoms with Gasteiger partial charge in [-0.25, -0.2) is 0 Å². The van der Waals surface area contributed by atoms with E-state index in [9.17, 15) is 4.79 Å². The van der Waals surface area contributed by atoms with Gasteiger partial charge in [-0.05, 0) is 18.4 Å². The fourth-order valence-electron chi connectivity index (χ4n) is 2.55. The van der Waals surface area contributed by atoms with Crippen LogP contribution in [0, 0.1) is 0 Å². The van der Waals surface area contributed by atoms with Crippen LogP contribution in [0.5, 0.6) is 0 Å². The summed E-state index contributed by atoms with van der Waals surface area (Å²) in [6.45, 7) is 1.40. The second-order valence-corrected chi connectivity index (χ2v) is 6.49. The van der Waals surface area contributed by atoms with Gasteiger partial charge in [-0.2, -0.15) is 0 Å². The van der Waals surface area contributed by atoms with Gasteiger partial charge in [0, 0.05) is 12.0 Å². The van der Waals surface area contributed by atoms with E-state index in [1.807, 2.05) is 24.3 Å². The minimum absolute atomic E-state index is 0.0588. The highest BCUT2D eigenvalue weighted by molar-refractivity contribution is 5.96. The summed E-state index contributed by atoms with van der Waals surface area (Å²) in [6.07, 6.45) is 8.62. The lowest BCUT2D eigenvalue weighted by atomic mass is 9.92. The number of carbonyl (C=O) groups excluding carboxylic acids is 1. The van der Waals surface area contributed by atoms with Gasteiger partial charge in [0.25, 0.3) is 0 Å². The van der Waals surface area contributed by atoms with Crippen LogP contribution in [-0.2, 0) is 6.42 Å². The minimum atomic E-state index is -1.24. The third-order valence-electron chi connectivity index (χ3n) is 4.24. The van der Waals surface area contributed by atoms with Gasteiger partial charge < -0.3 is 15.9 Å². The van der Waals surface area contributed by atoms with E-state index in [2.05, 4.69) is 6.92 Å². The Hall–Kier alpha value is -1.23. The Bertz CT molecular complexity index is 452. The van der Waals surface area contributed by atoms with Crippen molar-refractivity contribution in [1.82, 2.24) is 0 Å². The average Bonchev–Trinajstić information content (AvgIpc) is 2.58. The van der Waals surface area contributed by atoms with Crippen LogP contribution in [0.3, 0.4) is 0 Å². The first-order chi connectivity index (χ1) is 11.0. The quantitative estimate of drug-likeness (QED) is 0.408. The van der Waals surface area contributed by atoms with E-state index in [0.29, 0.717) is 5.56 Å². The molecule has 4 heteroatoms. The largest absolute Gasteiger partial charge is 0.394 e. The van der Waals surface area contributed by atoms with Crippen molar-refractivity contribution in [2.75, 3.05) is 13.2 Å². The van der Waals surface area contributed by atoms with Crippen molar-refractivity contribution in [1.29, 1.82) is 0 Å². The third kappa shape index (κ3) is 7.25. The Morgan fingerprint density at radius 1 is 1.00 bits per heavy atom. The molecule has 0 saturated heterocycles. The van der Waals surface area contributed by atoms with Crippen LogP contribution in [0.2, 0.25) is 0 Å². The molecule has 0 saturated carbocycles. The molecule has 0 aliphatic rings. The molecule has 0 unspecified atom stereocenters. The first kappa shape index (κ1) is 19.8. The summed E-state index contributed by atoms with van der Waals surface area (Å²) in [5, 5.41) is 18.3. The van der Waals surface area contributed by atoms with E-state index in [1.165, 1.54) is 44.1 Å². The summed E-state index contributed by atoms with van der Waals surface area (Å²) >= 11 is 0. The normalized spacial score (nSPS) is 11.7. The van der Waals surface area contributed by atoms with Crippen molar-refractivity contribution in [3.05, 3.63) is 35.4 Å². The predicted octanol–water partition coefficient (Wildman–Crippen LogP) is 2.84. The zero-order valence-corrected chi connectivity index (χ0v) is 14.3. The van der Waals surface area contributed by atoms with Crippen LogP contribution in [-0.4, -0.2) is 34.7 Å². The molecule has 0 fully saturated rings. The predicted molar refractivity (Wildman–Crippen MR) is 93.6 cm³/mol. The Balaban J connectivity index is 2.42. The van der Waals surface area contributed by atoms with Crippen molar-refractivity contribution >= 4 is 5.78 Å². The van der Waals surface area contributed by atoms with Crippen LogP contribution in [0.1, 0.15) is 67.8 Å². The van der Waals surface area contributed by atoms with E-state index in [-0.39, 0.29) is 12.2 Å². The van der Waals surface area contributed by atoms with Gasteiger partial charge >= 0.3 is 0 Å². The lowest BCUT2D eigenvalue weighted by Crippen LogP contribution is -2.49. The number of aliphatic hydroxyl groups is 2. The van der Waals surface area contributed by atoms with Gasteiger partial charge in [0.05, 0.1) is 18.8 Å². The molecule has 0 atom stereocenters. The number of nitrogens with two attached hydrogens (primary N) is 1. The zero-order valence-electron chi connectivity index (χ0n) is 14.3. The van der Waals surface area contributed by atoms with E-state index >= 15 is 0 Å². The highest BCUT2D eigenvalue weighted by atomic mass is 16.3. The van der Waals surface area contributed by atoms with Crippen LogP contribution in [0.25, 0.3) is 0 Å². The molecule has 130 valence electrons. The standard InChI is InChI=1S/C19H31NO3/c1-2-3-4-5-6-7-8-16-9-11-17(12-10-16)18(23)13-19(20,14-21)15-22/h9-12,21-22H,2-8,13-15,20H2,1H3. The first-order valence-corrected chi connectivity index (χ1v) is 8.67. The highest BCUT2D eigenvalue weighted by Gasteiger charge is 2.27. The maximum atomic E-state index is 12.1. The van der Waals surface area contributed by atoms with Crippen LogP contribution < -0.4 is 5.73 Å². The molecule has 0 spiro atoms. The number of unbranched alkanes of at least 4 members (excludes halogenated alkanes) is 5. The van der Waals surface area contributed by atoms with Gasteiger partial charge in [-0.3, -0.25) is 4.79 Å². The van der Waals surface area contributed by atoms with Gasteiger partial charge in [0.2, 0.25) is 0 Å². The van der Waals surface area contributed by atoms with Crippen LogP contribution in [0.15, 0.2) is 24.3 Å². The maximum Gasteiger partial charge on any atom is 0.164 e. The van der Waals surface area contributed by atoms with Crippen molar-refractivity contribution in [3.8, 4) is 0 Å². The van der Waals surface area contributed by atoms with Gasteiger partial charge in [-0.1, -0.05) is 63.3 Å². The molecule has 0 heterocycles. The molecule has 1 rings (SSSR count). The second-order valence-electron chi connectivity index (χ2n) is 6.49. The summed E-state index contributed by atoms with van der Waals surface area (Å²) in [5.74, 6) is -0.151. The fourth-order valence-corrected chi connectivity index (χ4v) is 2.55. The molecule has 0 bridgehead atoms. The van der Waals surface area contributed by atoms with Gasteiger partial charge in [0.15, 0.2) is 5.78 Å². The first-order valence-electron chi connectivity index (χ1n) is 8.67. The molecule has 0 aromatic heterocycles. The number of hydrogen-bond donors (Lipinski definition) is 3. The molecular formula is C19H31NO3. The molecule has 1 aromatic carbocycles. The molecule has 23 heavy (non-hydrogen) atoms. The molecule has 1 aromatic rings. The molecule has 0 aliphatic heterocycles. The molecule has 4 N–H and O–H groups in total. The lowest BCUT2D eigenvalue weighted by molar-refractivity contribution is 0.0809. The van der Waals surface area contributed by atoms with Crippen molar-refractivity contribution < 1.29 is 15.0 Å². The van der Waals surface area contributed by atoms with Crippen LogP contribution >= 0.6 is 0 Å². The van der Waals surface area contributed by atoms with Gasteiger partial charge in [0.1, 0.15) is 0 Å². The Morgan fingerprint density at radius 3 is 2.13 bits per heavy atom. The van der Waals surface area contributed by atoms with Crippen molar-refractivity contribution in [2.24, 2.45) is 5.73 Å². The number of rotatable bonds is 12. The summed E-state index contributed by atoms with van der Waals surface area (Å²) in [4.78, 5) is 12.1.